The number of nitrogen functional groups attached to an aromatic ring is 1. The lowest BCUT2D eigenvalue weighted by Crippen LogP contribution is -2.32. The second kappa shape index (κ2) is 6.23. The average Bonchev–Trinajstić information content (AvgIpc) is 2.16. The normalized spacial score (nSPS) is 13.1. The van der Waals surface area contributed by atoms with Gasteiger partial charge >= 0.3 is 0 Å². The Kier molecular flexibility index (Phi) is 5.25. The van der Waals surface area contributed by atoms with Gasteiger partial charge in [-0.15, -0.1) is 0 Å². The van der Waals surface area contributed by atoms with E-state index >= 15 is 0 Å². The van der Waals surface area contributed by atoms with E-state index < -0.39 is 0 Å². The molecule has 0 bridgehead atoms. The number of likely N-dealkylation sites (N-methyl/N-ethyl adjacent to an activating group) is 1. The Morgan fingerprint density at radius 2 is 2.12 bits per heavy atom. The lowest BCUT2D eigenvalue weighted by molar-refractivity contribution is 0.112. The zero-order chi connectivity index (χ0) is 12.1. The Morgan fingerprint density at radius 3 is 2.69 bits per heavy atom. The van der Waals surface area contributed by atoms with Gasteiger partial charge in [0.15, 0.2) is 0 Å². The Hall–Kier alpha value is -0.580. The zero-order valence-corrected chi connectivity index (χ0v) is 11.6. The molecule has 0 heterocycles. The van der Waals surface area contributed by atoms with Gasteiger partial charge in [0.05, 0.1) is 6.61 Å². The second-order valence-electron chi connectivity index (χ2n) is 4.11. The van der Waals surface area contributed by atoms with E-state index in [1.165, 1.54) is 5.56 Å². The number of hydrogen-bond acceptors (Lipinski definition) is 3. The maximum absolute atomic E-state index is 5.80. The molecule has 0 fully saturated rings. The molecule has 90 valence electrons. The highest BCUT2D eigenvalue weighted by Crippen LogP contribution is 2.18. The fraction of sp³-hybridized carbons (Fsp3) is 0.500. The Morgan fingerprint density at radius 1 is 1.44 bits per heavy atom. The molecule has 0 aliphatic heterocycles. The molecule has 0 saturated heterocycles. The lowest BCUT2D eigenvalue weighted by Gasteiger charge is -2.24. The number of nitrogens with zero attached hydrogens (tertiary/aromatic N) is 1. The molecule has 0 aliphatic rings. The maximum Gasteiger partial charge on any atom is 0.0615 e. The molecule has 0 radical (unpaired) electrons. The molecule has 1 rings (SSSR count). The van der Waals surface area contributed by atoms with E-state index in [1.807, 2.05) is 12.1 Å². The van der Waals surface area contributed by atoms with Crippen LogP contribution in [0.25, 0.3) is 0 Å². The summed E-state index contributed by atoms with van der Waals surface area (Å²) in [4.78, 5) is 2.24. The topological polar surface area (TPSA) is 38.5 Å². The molecule has 3 nitrogen and oxygen atoms in total. The van der Waals surface area contributed by atoms with Gasteiger partial charge in [0.1, 0.15) is 0 Å². The molecule has 0 amide bonds. The molecule has 0 saturated carbocycles. The number of rotatable bonds is 5. The van der Waals surface area contributed by atoms with Crippen LogP contribution in [0, 0.1) is 0 Å². The van der Waals surface area contributed by atoms with Crippen molar-refractivity contribution in [1.29, 1.82) is 0 Å². The number of nitrogens with two attached hydrogens (primary N) is 1. The Balaban J connectivity index is 2.65. The second-order valence-corrected chi connectivity index (χ2v) is 5.03. The van der Waals surface area contributed by atoms with Gasteiger partial charge in [-0.05, 0) is 37.7 Å². The summed E-state index contributed by atoms with van der Waals surface area (Å²) in [5.41, 5.74) is 7.79. The van der Waals surface area contributed by atoms with Crippen LogP contribution in [-0.4, -0.2) is 31.7 Å². The van der Waals surface area contributed by atoms with Crippen molar-refractivity contribution < 1.29 is 4.74 Å². The van der Waals surface area contributed by atoms with Gasteiger partial charge in [-0.3, -0.25) is 4.90 Å². The molecule has 2 N–H and O–H groups in total. The number of halogens is 1. The van der Waals surface area contributed by atoms with E-state index in [2.05, 4.69) is 40.9 Å². The summed E-state index contributed by atoms with van der Waals surface area (Å²) in [6.45, 7) is 3.75. The first-order valence-corrected chi connectivity index (χ1v) is 6.06. The zero-order valence-electron chi connectivity index (χ0n) is 10.0. The molecule has 0 aliphatic carbocycles. The first-order chi connectivity index (χ1) is 7.52. The SMILES string of the molecule is COCC(C)N(C)Cc1cc(N)cc(Br)c1. The molecule has 0 aromatic heterocycles. The van der Waals surface area contributed by atoms with Crippen molar-refractivity contribution in [2.75, 3.05) is 26.5 Å². The van der Waals surface area contributed by atoms with Crippen LogP contribution in [0.2, 0.25) is 0 Å². The third-order valence-electron chi connectivity index (χ3n) is 2.57. The summed E-state index contributed by atoms with van der Waals surface area (Å²) in [6.07, 6.45) is 0. The predicted molar refractivity (Wildman–Crippen MR) is 71.4 cm³/mol. The Labute approximate surface area is 106 Å². The van der Waals surface area contributed by atoms with Crippen LogP contribution in [0.4, 0.5) is 5.69 Å². The van der Waals surface area contributed by atoms with Crippen molar-refractivity contribution in [1.82, 2.24) is 4.90 Å². The minimum atomic E-state index is 0.394. The molecule has 1 atom stereocenters. The number of ether oxygens (including phenoxy) is 1. The third kappa shape index (κ3) is 4.12. The molecular weight excluding hydrogens is 268 g/mol. The first-order valence-electron chi connectivity index (χ1n) is 5.27. The predicted octanol–water partition coefficient (Wildman–Crippen LogP) is 2.50. The van der Waals surface area contributed by atoms with Crippen molar-refractivity contribution in [3.63, 3.8) is 0 Å². The number of methoxy groups -OCH3 is 1. The van der Waals surface area contributed by atoms with E-state index in [1.54, 1.807) is 7.11 Å². The van der Waals surface area contributed by atoms with E-state index in [4.69, 9.17) is 10.5 Å². The molecule has 4 heteroatoms. The summed E-state index contributed by atoms with van der Waals surface area (Å²) in [7, 11) is 3.81. The van der Waals surface area contributed by atoms with Crippen LogP contribution >= 0.6 is 15.9 Å². The van der Waals surface area contributed by atoms with E-state index in [-0.39, 0.29) is 0 Å². The minimum Gasteiger partial charge on any atom is -0.399 e. The molecule has 1 aromatic carbocycles. The van der Waals surface area contributed by atoms with Gasteiger partial charge < -0.3 is 10.5 Å². The number of anilines is 1. The number of benzene rings is 1. The van der Waals surface area contributed by atoms with Crippen LogP contribution in [0.3, 0.4) is 0 Å². The molecule has 1 unspecified atom stereocenters. The lowest BCUT2D eigenvalue weighted by atomic mass is 10.2. The third-order valence-corrected chi connectivity index (χ3v) is 3.03. The van der Waals surface area contributed by atoms with Crippen LogP contribution in [0.1, 0.15) is 12.5 Å². The van der Waals surface area contributed by atoms with Crippen molar-refractivity contribution in [3.8, 4) is 0 Å². The maximum atomic E-state index is 5.80. The standard InChI is InChI=1S/C12H19BrN2O/c1-9(8-16-3)15(2)7-10-4-11(13)6-12(14)5-10/h4-6,9H,7-8,14H2,1-3H3. The smallest absolute Gasteiger partial charge is 0.0615 e. The summed E-state index contributed by atoms with van der Waals surface area (Å²) in [5, 5.41) is 0. The number of hydrogen-bond donors (Lipinski definition) is 1. The highest BCUT2D eigenvalue weighted by molar-refractivity contribution is 9.10. The minimum absolute atomic E-state index is 0.394. The van der Waals surface area contributed by atoms with Gasteiger partial charge in [0.2, 0.25) is 0 Å². The van der Waals surface area contributed by atoms with Crippen molar-refractivity contribution in [3.05, 3.63) is 28.2 Å². The van der Waals surface area contributed by atoms with E-state index in [0.29, 0.717) is 6.04 Å². The van der Waals surface area contributed by atoms with Gasteiger partial charge in [-0.25, -0.2) is 0 Å². The highest BCUT2D eigenvalue weighted by Gasteiger charge is 2.09. The van der Waals surface area contributed by atoms with Gasteiger partial charge in [-0.2, -0.15) is 0 Å². The van der Waals surface area contributed by atoms with Gasteiger partial charge in [0.25, 0.3) is 0 Å². The Bertz CT molecular complexity index is 324. The van der Waals surface area contributed by atoms with Crippen LogP contribution in [-0.2, 0) is 11.3 Å². The van der Waals surface area contributed by atoms with Crippen LogP contribution in [0.15, 0.2) is 22.7 Å². The van der Waals surface area contributed by atoms with Crippen molar-refractivity contribution >= 4 is 21.6 Å². The first kappa shape index (κ1) is 13.5. The van der Waals surface area contributed by atoms with Crippen molar-refractivity contribution in [2.45, 2.75) is 19.5 Å². The van der Waals surface area contributed by atoms with Crippen molar-refractivity contribution in [2.24, 2.45) is 0 Å². The largest absolute Gasteiger partial charge is 0.399 e. The molecule has 0 spiro atoms. The molecule has 1 aromatic rings. The summed E-state index contributed by atoms with van der Waals surface area (Å²) < 4.78 is 6.16. The quantitative estimate of drug-likeness (QED) is 0.846. The summed E-state index contributed by atoms with van der Waals surface area (Å²) >= 11 is 3.45. The highest BCUT2D eigenvalue weighted by atomic mass is 79.9. The van der Waals surface area contributed by atoms with E-state index in [9.17, 15) is 0 Å². The van der Waals surface area contributed by atoms with Crippen LogP contribution < -0.4 is 5.73 Å². The van der Waals surface area contributed by atoms with Gasteiger partial charge in [0, 0.05) is 29.9 Å². The van der Waals surface area contributed by atoms with Crippen LogP contribution in [0.5, 0.6) is 0 Å². The summed E-state index contributed by atoms with van der Waals surface area (Å²) in [5.74, 6) is 0. The summed E-state index contributed by atoms with van der Waals surface area (Å²) in [6, 6.07) is 6.39. The molecular formula is C12H19BrN2O. The molecule has 16 heavy (non-hydrogen) atoms. The monoisotopic (exact) mass is 286 g/mol. The fourth-order valence-electron chi connectivity index (χ4n) is 1.58. The average molecular weight is 287 g/mol. The van der Waals surface area contributed by atoms with Gasteiger partial charge in [-0.1, -0.05) is 15.9 Å². The van der Waals surface area contributed by atoms with E-state index in [0.717, 1.165) is 23.3 Å². The fourth-order valence-corrected chi connectivity index (χ4v) is 2.14.